The van der Waals surface area contributed by atoms with Gasteiger partial charge < -0.3 is 33.8 Å². The highest BCUT2D eigenvalue weighted by Crippen LogP contribution is 2.45. The molecule has 0 bridgehead atoms. The molecule has 0 aromatic rings. The fourth-order valence-electron chi connectivity index (χ4n) is 9.71. The fraction of sp³-hybridized carbons (Fsp3) is 0.938. The third kappa shape index (κ3) is 59.0. The molecule has 2 unspecified atom stereocenters. The highest BCUT2D eigenvalue weighted by atomic mass is 31.2. The van der Waals surface area contributed by atoms with E-state index in [0.717, 1.165) is 115 Å². The number of unbranched alkanes of at least 4 members (excludes halogenated alkanes) is 34. The number of carbonyl (C=O) groups excluding carboxylic acids is 4. The fourth-order valence-corrected chi connectivity index (χ4v) is 11.3. The first-order valence-corrected chi connectivity index (χ1v) is 37.0. The Labute approximate surface area is 511 Å². The molecule has 84 heavy (non-hydrogen) atoms. The zero-order chi connectivity index (χ0) is 62.2. The van der Waals surface area contributed by atoms with Gasteiger partial charge in [0.15, 0.2) is 12.2 Å². The van der Waals surface area contributed by atoms with E-state index in [-0.39, 0.29) is 25.7 Å². The van der Waals surface area contributed by atoms with E-state index in [1.165, 1.54) is 128 Å². The van der Waals surface area contributed by atoms with Gasteiger partial charge in [-0.3, -0.25) is 37.3 Å². The van der Waals surface area contributed by atoms with Crippen LogP contribution in [0.4, 0.5) is 0 Å². The van der Waals surface area contributed by atoms with Crippen molar-refractivity contribution in [1.82, 2.24) is 0 Å². The molecular weight excluding hydrogens is 1110 g/mol. The normalized spacial score (nSPS) is 14.3. The second kappa shape index (κ2) is 57.5. The summed E-state index contributed by atoms with van der Waals surface area (Å²) in [6.45, 7) is 9.44. The number of hydrogen-bond acceptors (Lipinski definition) is 15. The van der Waals surface area contributed by atoms with Crippen molar-refractivity contribution in [1.29, 1.82) is 0 Å². The van der Waals surface area contributed by atoms with E-state index in [0.29, 0.717) is 25.7 Å². The first-order chi connectivity index (χ1) is 40.4. The highest BCUT2D eigenvalue weighted by molar-refractivity contribution is 7.47. The Kier molecular flexibility index (Phi) is 56.2. The molecule has 0 fully saturated rings. The molecule has 0 amide bonds. The van der Waals surface area contributed by atoms with Gasteiger partial charge in [-0.05, 0) is 37.5 Å². The first kappa shape index (κ1) is 82.1. The number of ether oxygens (including phenoxy) is 4. The minimum Gasteiger partial charge on any atom is -0.462 e. The lowest BCUT2D eigenvalue weighted by atomic mass is 10.0. The summed E-state index contributed by atoms with van der Waals surface area (Å²) in [7, 11) is -9.88. The minimum atomic E-state index is -4.95. The van der Waals surface area contributed by atoms with Crippen molar-refractivity contribution < 1.29 is 80.2 Å². The molecule has 0 aromatic heterocycles. The van der Waals surface area contributed by atoms with Crippen LogP contribution in [0.5, 0.6) is 0 Å². The van der Waals surface area contributed by atoms with Crippen LogP contribution in [0.15, 0.2) is 0 Å². The summed E-state index contributed by atoms with van der Waals surface area (Å²) in [5.41, 5.74) is 0. The summed E-state index contributed by atoms with van der Waals surface area (Å²) < 4.78 is 67.9. The van der Waals surface area contributed by atoms with Crippen molar-refractivity contribution in [3.05, 3.63) is 0 Å². The van der Waals surface area contributed by atoms with Crippen LogP contribution >= 0.6 is 15.6 Å². The predicted octanol–water partition coefficient (Wildman–Crippen LogP) is 18.0. The number of phosphoric acid groups is 2. The molecule has 17 nitrogen and oxygen atoms in total. The van der Waals surface area contributed by atoms with Crippen molar-refractivity contribution in [2.75, 3.05) is 39.6 Å². The average molecular weight is 1240 g/mol. The van der Waals surface area contributed by atoms with Crippen molar-refractivity contribution in [3.8, 4) is 0 Å². The number of aliphatic hydroxyl groups is 1. The van der Waals surface area contributed by atoms with Gasteiger partial charge in [0, 0.05) is 25.7 Å². The Morgan fingerprint density at radius 1 is 0.321 bits per heavy atom. The molecule has 0 saturated carbocycles. The third-order valence-corrected chi connectivity index (χ3v) is 16.9. The SMILES string of the molecule is CCCCCCCCCCC(=O)OC[C@H](COP(=O)(O)OC[C@H](O)COP(=O)(O)OC[C@@H](COC(=O)CCCCCCCCCCC(C)C)OC(=O)CCCCCCCCCCCCCCCCC(C)C)OC(=O)CCCCCCCCCC. The Balaban J connectivity index is 5.18. The van der Waals surface area contributed by atoms with E-state index in [1.807, 2.05) is 0 Å². The molecule has 0 saturated heterocycles. The van der Waals surface area contributed by atoms with Gasteiger partial charge in [0.1, 0.15) is 19.3 Å². The van der Waals surface area contributed by atoms with Crippen molar-refractivity contribution >= 4 is 39.5 Å². The van der Waals surface area contributed by atoms with E-state index < -0.39 is 97.5 Å². The van der Waals surface area contributed by atoms with Gasteiger partial charge in [-0.15, -0.1) is 0 Å². The number of phosphoric ester groups is 2. The molecule has 0 radical (unpaired) electrons. The molecule has 0 aliphatic carbocycles. The van der Waals surface area contributed by atoms with Crippen LogP contribution in [0.2, 0.25) is 0 Å². The largest absolute Gasteiger partial charge is 0.472 e. The molecule has 0 rings (SSSR count). The lowest BCUT2D eigenvalue weighted by Crippen LogP contribution is -2.30. The standard InChI is InChI=1S/C65H126O17P2/c1-7-9-11-13-15-29-35-41-47-62(67)75-53-60(81-64(69)49-43-37-30-16-14-12-10-8-2)55-79-83(71,72)77-51-59(66)52-78-84(73,74)80-56-61(54-76-63(68)48-42-36-31-26-25-28-34-40-46-58(5)6)82-65(70)50-44-38-32-24-22-20-18-17-19-21-23-27-33-39-45-57(3)4/h57-61,66H,7-56H2,1-6H3,(H,71,72)(H,73,74)/t59-,60+,61+/m0/s1. The van der Waals surface area contributed by atoms with Crippen molar-refractivity contribution in [3.63, 3.8) is 0 Å². The number of hydrogen-bond donors (Lipinski definition) is 3. The quantitative estimate of drug-likeness (QED) is 0.0222. The molecule has 0 heterocycles. The second-order valence-corrected chi connectivity index (χ2v) is 27.4. The van der Waals surface area contributed by atoms with Gasteiger partial charge in [-0.2, -0.15) is 0 Å². The van der Waals surface area contributed by atoms with Crippen LogP contribution in [-0.2, 0) is 65.4 Å². The molecule has 3 N–H and O–H groups in total. The third-order valence-electron chi connectivity index (χ3n) is 15.0. The average Bonchev–Trinajstić information content (AvgIpc) is 3.59. The van der Waals surface area contributed by atoms with Gasteiger partial charge >= 0.3 is 39.5 Å². The summed E-state index contributed by atoms with van der Waals surface area (Å²) in [5, 5.41) is 10.5. The Morgan fingerprint density at radius 2 is 0.548 bits per heavy atom. The van der Waals surface area contributed by atoms with Crippen molar-refractivity contribution in [2.24, 2.45) is 11.8 Å². The maximum Gasteiger partial charge on any atom is 0.472 e. The lowest BCUT2D eigenvalue weighted by molar-refractivity contribution is -0.161. The zero-order valence-electron chi connectivity index (χ0n) is 54.2. The van der Waals surface area contributed by atoms with Crippen LogP contribution < -0.4 is 0 Å². The van der Waals surface area contributed by atoms with E-state index in [4.69, 9.17) is 37.0 Å². The van der Waals surface area contributed by atoms with E-state index in [2.05, 4.69) is 41.5 Å². The molecule has 0 aliphatic heterocycles. The van der Waals surface area contributed by atoms with E-state index in [9.17, 15) is 43.2 Å². The van der Waals surface area contributed by atoms with E-state index >= 15 is 0 Å². The molecule has 0 aliphatic rings. The topological polar surface area (TPSA) is 237 Å². The van der Waals surface area contributed by atoms with Crippen LogP contribution in [0.3, 0.4) is 0 Å². The van der Waals surface area contributed by atoms with E-state index in [1.54, 1.807) is 0 Å². The molecule has 498 valence electrons. The van der Waals surface area contributed by atoms with Gasteiger partial charge in [-0.25, -0.2) is 9.13 Å². The summed E-state index contributed by atoms with van der Waals surface area (Å²) in [5.74, 6) is -0.616. The van der Waals surface area contributed by atoms with Gasteiger partial charge in [-0.1, -0.05) is 273 Å². The molecule has 0 aromatic carbocycles. The number of aliphatic hydroxyl groups excluding tert-OH is 1. The summed E-state index contributed by atoms with van der Waals surface area (Å²) >= 11 is 0. The van der Waals surface area contributed by atoms with Crippen LogP contribution in [0, 0.1) is 11.8 Å². The van der Waals surface area contributed by atoms with Gasteiger partial charge in [0.2, 0.25) is 0 Å². The van der Waals surface area contributed by atoms with Crippen molar-refractivity contribution in [2.45, 2.75) is 342 Å². The van der Waals surface area contributed by atoms with Gasteiger partial charge in [0.25, 0.3) is 0 Å². The molecule has 0 spiro atoms. The zero-order valence-corrected chi connectivity index (χ0v) is 56.0. The smallest absolute Gasteiger partial charge is 0.462 e. The number of esters is 4. The first-order valence-electron chi connectivity index (χ1n) is 34.0. The van der Waals surface area contributed by atoms with Crippen LogP contribution in [0.25, 0.3) is 0 Å². The maximum atomic E-state index is 13.0. The summed E-state index contributed by atoms with van der Waals surface area (Å²) in [6.07, 6.45) is 40.5. The minimum absolute atomic E-state index is 0.104. The molecule has 19 heteroatoms. The second-order valence-electron chi connectivity index (χ2n) is 24.5. The Bertz CT molecular complexity index is 1650. The summed E-state index contributed by atoms with van der Waals surface area (Å²) in [6, 6.07) is 0. The van der Waals surface area contributed by atoms with Crippen LogP contribution in [-0.4, -0.2) is 96.7 Å². The predicted molar refractivity (Wildman–Crippen MR) is 335 cm³/mol. The Morgan fingerprint density at radius 3 is 0.810 bits per heavy atom. The number of carbonyl (C=O) groups is 4. The highest BCUT2D eigenvalue weighted by Gasteiger charge is 2.30. The van der Waals surface area contributed by atoms with Crippen LogP contribution in [0.1, 0.15) is 324 Å². The molecule has 5 atom stereocenters. The monoisotopic (exact) mass is 1240 g/mol. The lowest BCUT2D eigenvalue weighted by Gasteiger charge is -2.21. The molecular formula is C65H126O17P2. The summed E-state index contributed by atoms with van der Waals surface area (Å²) in [4.78, 5) is 72.1. The Hall–Kier alpha value is -1.94. The van der Waals surface area contributed by atoms with Gasteiger partial charge in [0.05, 0.1) is 26.4 Å². The maximum absolute atomic E-state index is 13.0. The number of rotatable bonds is 64.